The van der Waals surface area contributed by atoms with Crippen molar-refractivity contribution in [1.82, 2.24) is 4.98 Å². The van der Waals surface area contributed by atoms with Gasteiger partial charge in [0, 0.05) is 6.07 Å². The van der Waals surface area contributed by atoms with Gasteiger partial charge >= 0.3 is 5.00 Å². The molecule has 0 saturated heterocycles. The summed E-state index contributed by atoms with van der Waals surface area (Å²) in [6, 6.07) is 8.71. The summed E-state index contributed by atoms with van der Waals surface area (Å²) >= 11 is 2.24. The number of rotatable bonds is 4. The van der Waals surface area contributed by atoms with Gasteiger partial charge in [0.2, 0.25) is 0 Å². The largest absolute Gasteiger partial charge is 0.324 e. The first-order chi connectivity index (χ1) is 10.6. The van der Waals surface area contributed by atoms with Crippen LogP contribution in [0.1, 0.15) is 22.2 Å². The van der Waals surface area contributed by atoms with Crippen LogP contribution < -0.4 is 5.32 Å². The molecule has 0 fully saturated rings. The van der Waals surface area contributed by atoms with Crippen LogP contribution in [0.3, 0.4) is 0 Å². The number of thiazole rings is 1. The van der Waals surface area contributed by atoms with E-state index in [9.17, 15) is 14.9 Å². The van der Waals surface area contributed by atoms with Gasteiger partial charge in [0.15, 0.2) is 5.13 Å². The Morgan fingerprint density at radius 1 is 1.32 bits per heavy atom. The average Bonchev–Trinajstić information content (AvgIpc) is 3.13. The highest BCUT2D eigenvalue weighted by atomic mass is 32.1. The number of aromatic nitrogens is 1. The first-order valence-corrected chi connectivity index (χ1v) is 8.15. The molecule has 112 valence electrons. The zero-order valence-corrected chi connectivity index (χ0v) is 13.2. The zero-order valence-electron chi connectivity index (χ0n) is 11.5. The lowest BCUT2D eigenvalue weighted by Gasteiger charge is -1.97. The van der Waals surface area contributed by atoms with Gasteiger partial charge in [0.25, 0.3) is 5.91 Å². The molecule has 0 aliphatic rings. The monoisotopic (exact) mass is 333 g/mol. The van der Waals surface area contributed by atoms with E-state index in [1.807, 2.05) is 18.2 Å². The van der Waals surface area contributed by atoms with E-state index < -0.39 is 4.92 Å². The van der Waals surface area contributed by atoms with Crippen molar-refractivity contribution in [3.05, 3.63) is 50.9 Å². The number of aryl methyl sites for hydroxylation is 1. The number of thiophene rings is 1. The minimum atomic E-state index is -0.507. The molecule has 2 aromatic heterocycles. The highest BCUT2D eigenvalue weighted by Crippen LogP contribution is 2.30. The van der Waals surface area contributed by atoms with E-state index in [2.05, 4.69) is 17.2 Å². The Bertz CT molecular complexity index is 869. The Kier molecular flexibility index (Phi) is 3.86. The van der Waals surface area contributed by atoms with E-state index >= 15 is 0 Å². The number of nitro groups is 1. The van der Waals surface area contributed by atoms with Gasteiger partial charge in [-0.1, -0.05) is 41.7 Å². The van der Waals surface area contributed by atoms with Crippen molar-refractivity contribution in [2.75, 3.05) is 5.32 Å². The number of nitrogens with one attached hydrogen (secondary N) is 1. The maximum atomic E-state index is 12.1. The molecule has 22 heavy (non-hydrogen) atoms. The lowest BCUT2D eigenvalue weighted by Crippen LogP contribution is -2.09. The lowest BCUT2D eigenvalue weighted by molar-refractivity contribution is -0.380. The number of anilines is 1. The SMILES string of the molecule is CCc1cccc2sc(NC(=O)c3ccc([N+](=O)[O-])s3)nc12. The van der Waals surface area contributed by atoms with Crippen molar-refractivity contribution < 1.29 is 9.72 Å². The Balaban J connectivity index is 1.86. The van der Waals surface area contributed by atoms with Crippen LogP contribution in [-0.4, -0.2) is 15.8 Å². The molecule has 0 atom stereocenters. The lowest BCUT2D eigenvalue weighted by atomic mass is 10.1. The second kappa shape index (κ2) is 5.82. The molecule has 6 nitrogen and oxygen atoms in total. The Morgan fingerprint density at radius 2 is 2.14 bits per heavy atom. The third kappa shape index (κ3) is 2.70. The normalized spacial score (nSPS) is 10.8. The van der Waals surface area contributed by atoms with Crippen molar-refractivity contribution in [1.29, 1.82) is 0 Å². The Labute approximate surface area is 133 Å². The fraction of sp³-hybridized carbons (Fsp3) is 0.143. The van der Waals surface area contributed by atoms with E-state index in [0.29, 0.717) is 10.0 Å². The second-order valence-corrected chi connectivity index (χ2v) is 6.58. The van der Waals surface area contributed by atoms with Gasteiger partial charge in [-0.3, -0.25) is 20.2 Å². The van der Waals surface area contributed by atoms with Crippen LogP contribution in [0.5, 0.6) is 0 Å². The van der Waals surface area contributed by atoms with Crippen molar-refractivity contribution >= 4 is 48.9 Å². The number of hydrogen-bond acceptors (Lipinski definition) is 6. The van der Waals surface area contributed by atoms with Gasteiger partial charge in [-0.2, -0.15) is 0 Å². The van der Waals surface area contributed by atoms with Gasteiger partial charge < -0.3 is 0 Å². The predicted octanol–water partition coefficient (Wildman–Crippen LogP) is 4.08. The Hall–Kier alpha value is -2.32. The third-order valence-electron chi connectivity index (χ3n) is 3.10. The first kappa shape index (κ1) is 14.6. The first-order valence-electron chi connectivity index (χ1n) is 6.52. The van der Waals surface area contributed by atoms with Crippen LogP contribution in [0.4, 0.5) is 10.1 Å². The van der Waals surface area contributed by atoms with Crippen molar-refractivity contribution in [2.24, 2.45) is 0 Å². The second-order valence-electron chi connectivity index (χ2n) is 4.49. The molecular formula is C14H11N3O3S2. The molecule has 1 N–H and O–H groups in total. The number of hydrogen-bond donors (Lipinski definition) is 1. The van der Waals surface area contributed by atoms with E-state index in [4.69, 9.17) is 0 Å². The van der Waals surface area contributed by atoms with E-state index in [1.165, 1.54) is 23.5 Å². The summed E-state index contributed by atoms with van der Waals surface area (Å²) in [6.45, 7) is 2.05. The topological polar surface area (TPSA) is 85.1 Å². The van der Waals surface area contributed by atoms with Crippen LogP contribution in [-0.2, 0) is 6.42 Å². The van der Waals surface area contributed by atoms with E-state index in [-0.39, 0.29) is 10.9 Å². The zero-order chi connectivity index (χ0) is 15.7. The van der Waals surface area contributed by atoms with Gasteiger partial charge in [0.1, 0.15) is 0 Å². The fourth-order valence-corrected chi connectivity index (χ4v) is 3.68. The number of benzene rings is 1. The third-order valence-corrected chi connectivity index (χ3v) is 5.07. The van der Waals surface area contributed by atoms with Crippen molar-refractivity contribution in [3.8, 4) is 0 Å². The van der Waals surface area contributed by atoms with Gasteiger partial charge in [-0.25, -0.2) is 4.98 Å². The summed E-state index contributed by atoms with van der Waals surface area (Å²) in [7, 11) is 0. The summed E-state index contributed by atoms with van der Waals surface area (Å²) in [5, 5.41) is 13.8. The molecule has 2 heterocycles. The van der Waals surface area contributed by atoms with Gasteiger partial charge in [-0.15, -0.1) is 0 Å². The number of carbonyl (C=O) groups excluding carboxylic acids is 1. The maximum Gasteiger partial charge on any atom is 0.324 e. The average molecular weight is 333 g/mol. The quantitative estimate of drug-likeness (QED) is 0.576. The molecular weight excluding hydrogens is 322 g/mol. The summed E-state index contributed by atoms with van der Waals surface area (Å²) in [6.07, 6.45) is 0.867. The summed E-state index contributed by atoms with van der Waals surface area (Å²) < 4.78 is 1.01. The molecule has 0 spiro atoms. The van der Waals surface area contributed by atoms with Crippen LogP contribution in [0.15, 0.2) is 30.3 Å². The molecule has 0 unspecified atom stereocenters. The highest BCUT2D eigenvalue weighted by molar-refractivity contribution is 7.22. The minimum Gasteiger partial charge on any atom is -0.297 e. The smallest absolute Gasteiger partial charge is 0.297 e. The van der Waals surface area contributed by atoms with E-state index in [1.54, 1.807) is 0 Å². The molecule has 0 aliphatic carbocycles. The summed E-state index contributed by atoms with van der Waals surface area (Å²) in [5.41, 5.74) is 2.02. The molecule has 3 aromatic rings. The number of para-hydroxylation sites is 1. The molecule has 1 aromatic carbocycles. The highest BCUT2D eigenvalue weighted by Gasteiger charge is 2.17. The number of fused-ring (bicyclic) bond motifs is 1. The summed E-state index contributed by atoms with van der Waals surface area (Å²) in [4.78, 5) is 27.0. The van der Waals surface area contributed by atoms with E-state index in [0.717, 1.165) is 33.5 Å². The van der Waals surface area contributed by atoms with Crippen LogP contribution in [0.2, 0.25) is 0 Å². The van der Waals surface area contributed by atoms with Crippen molar-refractivity contribution in [3.63, 3.8) is 0 Å². The van der Waals surface area contributed by atoms with Gasteiger partial charge in [-0.05, 0) is 24.1 Å². The number of nitrogens with zero attached hydrogens (tertiary/aromatic N) is 2. The summed E-state index contributed by atoms with van der Waals surface area (Å²) in [5.74, 6) is -0.379. The molecule has 0 aliphatic heterocycles. The maximum absolute atomic E-state index is 12.1. The fourth-order valence-electron chi connectivity index (χ4n) is 2.05. The molecule has 1 amide bonds. The molecule has 0 saturated carbocycles. The minimum absolute atomic E-state index is 0.0530. The van der Waals surface area contributed by atoms with Gasteiger partial charge in [0.05, 0.1) is 20.0 Å². The molecule has 3 rings (SSSR count). The Morgan fingerprint density at radius 3 is 2.82 bits per heavy atom. The van der Waals surface area contributed by atoms with Crippen LogP contribution >= 0.6 is 22.7 Å². The molecule has 8 heteroatoms. The van der Waals surface area contributed by atoms with Crippen LogP contribution in [0, 0.1) is 10.1 Å². The van der Waals surface area contributed by atoms with Crippen LogP contribution in [0.25, 0.3) is 10.2 Å². The standard InChI is InChI=1S/C14H11N3O3S2/c1-2-8-4-3-5-9-12(8)15-14(22-9)16-13(18)10-6-7-11(21-10)17(19)20/h3-7H,2H2,1H3,(H,15,16,18). The number of carbonyl (C=O) groups is 1. The van der Waals surface area contributed by atoms with Crippen molar-refractivity contribution in [2.45, 2.75) is 13.3 Å². The molecule has 0 radical (unpaired) electrons. The predicted molar refractivity (Wildman–Crippen MR) is 87.9 cm³/mol. The number of amides is 1. The molecule has 0 bridgehead atoms.